The van der Waals surface area contributed by atoms with Crippen molar-refractivity contribution in [1.82, 2.24) is 5.32 Å². The molecule has 9 heteroatoms. The monoisotopic (exact) mass is 347 g/mol. The second kappa shape index (κ2) is 6.23. The zero-order chi connectivity index (χ0) is 16.4. The fourth-order valence-corrected chi connectivity index (χ4v) is 3.35. The molecule has 120 valence electrons. The van der Waals surface area contributed by atoms with Crippen LogP contribution in [0.4, 0.5) is 0 Å². The predicted octanol–water partition coefficient (Wildman–Crippen LogP) is 0.474. The highest BCUT2D eigenvalue weighted by Crippen LogP contribution is 2.20. The lowest BCUT2D eigenvalue weighted by molar-refractivity contribution is -0.147. The first-order valence-corrected chi connectivity index (χ1v) is 8.39. The first-order chi connectivity index (χ1) is 10.3. The van der Waals surface area contributed by atoms with Crippen LogP contribution in [0, 0.1) is 0 Å². The van der Waals surface area contributed by atoms with Crippen LogP contribution in [0.5, 0.6) is 0 Å². The summed E-state index contributed by atoms with van der Waals surface area (Å²) in [6.07, 6.45) is 0.0923. The minimum Gasteiger partial charge on any atom is -0.479 e. The highest BCUT2D eigenvalue weighted by Gasteiger charge is 2.44. The molecule has 1 heterocycles. The topological polar surface area (TPSA) is 110 Å². The van der Waals surface area contributed by atoms with Crippen molar-refractivity contribution in [3.8, 4) is 0 Å². The third kappa shape index (κ3) is 3.57. The molecular weight excluding hydrogens is 334 g/mol. The van der Waals surface area contributed by atoms with Crippen LogP contribution in [0.1, 0.15) is 6.42 Å². The number of carboxylic acid groups (broad SMARTS) is 1. The number of carbonyl (C=O) groups is 2. The summed E-state index contributed by atoms with van der Waals surface area (Å²) in [5.41, 5.74) is -1.56. The van der Waals surface area contributed by atoms with Crippen LogP contribution in [0.3, 0.4) is 0 Å². The number of ether oxygens (including phenoxy) is 1. The molecule has 0 bridgehead atoms. The summed E-state index contributed by atoms with van der Waals surface area (Å²) in [4.78, 5) is 23.1. The molecule has 1 saturated heterocycles. The number of benzene rings is 1. The average molecular weight is 348 g/mol. The van der Waals surface area contributed by atoms with E-state index in [0.717, 1.165) is 0 Å². The van der Waals surface area contributed by atoms with Gasteiger partial charge < -0.3 is 15.2 Å². The Kier molecular flexibility index (Phi) is 4.74. The van der Waals surface area contributed by atoms with Crippen molar-refractivity contribution < 1.29 is 27.9 Å². The molecule has 1 aliphatic rings. The first-order valence-electron chi connectivity index (χ1n) is 6.36. The molecule has 0 aromatic heterocycles. The Morgan fingerprint density at radius 3 is 2.45 bits per heavy atom. The van der Waals surface area contributed by atoms with Crippen molar-refractivity contribution in [2.45, 2.75) is 16.9 Å². The molecule has 1 aromatic rings. The van der Waals surface area contributed by atoms with Crippen molar-refractivity contribution in [1.29, 1.82) is 0 Å². The van der Waals surface area contributed by atoms with Crippen molar-refractivity contribution >= 4 is 33.3 Å². The van der Waals surface area contributed by atoms with Crippen molar-refractivity contribution in [2.75, 3.05) is 19.0 Å². The van der Waals surface area contributed by atoms with E-state index in [0.29, 0.717) is 5.02 Å². The van der Waals surface area contributed by atoms with Gasteiger partial charge in [0.25, 0.3) is 0 Å². The summed E-state index contributed by atoms with van der Waals surface area (Å²) >= 11 is 5.68. The molecule has 7 nitrogen and oxygen atoms in total. The smallest absolute Gasteiger partial charge is 0.331 e. The van der Waals surface area contributed by atoms with E-state index in [1.807, 2.05) is 0 Å². The Hall–Kier alpha value is -1.64. The zero-order valence-electron chi connectivity index (χ0n) is 11.4. The van der Waals surface area contributed by atoms with Gasteiger partial charge in [0.2, 0.25) is 5.91 Å². The second-order valence-corrected chi connectivity index (χ2v) is 7.38. The van der Waals surface area contributed by atoms with E-state index in [1.54, 1.807) is 0 Å². The highest BCUT2D eigenvalue weighted by atomic mass is 35.5. The van der Waals surface area contributed by atoms with Crippen molar-refractivity contribution in [3.63, 3.8) is 0 Å². The third-order valence-corrected chi connectivity index (χ3v) is 5.19. The summed E-state index contributed by atoms with van der Waals surface area (Å²) in [6.45, 7) is 0.00554. The van der Waals surface area contributed by atoms with E-state index in [9.17, 15) is 23.1 Å². The third-order valence-electron chi connectivity index (χ3n) is 3.30. The van der Waals surface area contributed by atoms with Crippen molar-refractivity contribution in [2.24, 2.45) is 0 Å². The molecular formula is C13H14ClNO6S. The Labute approximate surface area is 132 Å². The van der Waals surface area contributed by atoms with Crippen LogP contribution in [0.15, 0.2) is 29.2 Å². The SMILES string of the molecule is O=C(CS(=O)(=O)c1ccc(Cl)cc1)NC1(C(=O)O)CCOC1. The molecule has 1 unspecified atom stereocenters. The molecule has 22 heavy (non-hydrogen) atoms. The standard InChI is InChI=1S/C13H14ClNO6S/c14-9-1-3-10(4-2-9)22(19,20)7-11(16)15-13(12(17)18)5-6-21-8-13/h1-4H,5-8H2,(H,15,16)(H,17,18). The summed E-state index contributed by atoms with van der Waals surface area (Å²) < 4.78 is 29.2. The maximum atomic E-state index is 12.1. The van der Waals surface area contributed by atoms with Crippen LogP contribution >= 0.6 is 11.6 Å². The number of aliphatic carboxylic acids is 1. The lowest BCUT2D eigenvalue weighted by atomic mass is 9.99. The molecule has 1 atom stereocenters. The number of hydrogen-bond acceptors (Lipinski definition) is 5. The van der Waals surface area contributed by atoms with Crippen LogP contribution in [-0.4, -0.2) is 49.9 Å². The number of carboxylic acids is 1. The Balaban J connectivity index is 2.11. The van der Waals surface area contributed by atoms with Gasteiger partial charge in [-0.3, -0.25) is 4.79 Å². The van der Waals surface area contributed by atoms with Gasteiger partial charge in [-0.2, -0.15) is 0 Å². The van der Waals surface area contributed by atoms with Gasteiger partial charge in [0.05, 0.1) is 11.5 Å². The normalized spacial score (nSPS) is 21.5. The number of amides is 1. The van der Waals surface area contributed by atoms with Gasteiger partial charge in [0.1, 0.15) is 5.75 Å². The summed E-state index contributed by atoms with van der Waals surface area (Å²) in [7, 11) is -3.87. The van der Waals surface area contributed by atoms with Gasteiger partial charge >= 0.3 is 5.97 Å². The number of nitrogens with one attached hydrogen (secondary N) is 1. The Morgan fingerprint density at radius 2 is 1.95 bits per heavy atom. The van der Waals surface area contributed by atoms with Crippen LogP contribution in [0.2, 0.25) is 5.02 Å². The molecule has 1 amide bonds. The minimum absolute atomic E-state index is 0.0564. The molecule has 0 spiro atoms. The Bertz CT molecular complexity index is 679. The van der Waals surface area contributed by atoms with Crippen molar-refractivity contribution in [3.05, 3.63) is 29.3 Å². The molecule has 0 saturated carbocycles. The van der Waals surface area contributed by atoms with E-state index >= 15 is 0 Å². The molecule has 2 rings (SSSR count). The first kappa shape index (κ1) is 16.7. The molecule has 1 aliphatic heterocycles. The lowest BCUT2D eigenvalue weighted by Crippen LogP contribution is -2.56. The van der Waals surface area contributed by atoms with Gasteiger partial charge in [-0.15, -0.1) is 0 Å². The number of carbonyl (C=O) groups excluding carboxylic acids is 1. The van der Waals surface area contributed by atoms with E-state index in [-0.39, 0.29) is 24.5 Å². The van der Waals surface area contributed by atoms with E-state index < -0.39 is 33.0 Å². The minimum atomic E-state index is -3.87. The number of sulfone groups is 1. The highest BCUT2D eigenvalue weighted by molar-refractivity contribution is 7.92. The van der Waals surface area contributed by atoms with Crippen LogP contribution in [0.25, 0.3) is 0 Å². The Morgan fingerprint density at radius 1 is 1.32 bits per heavy atom. The summed E-state index contributed by atoms with van der Waals surface area (Å²) in [5.74, 6) is -2.98. The van der Waals surface area contributed by atoms with Crippen LogP contribution < -0.4 is 5.32 Å². The van der Waals surface area contributed by atoms with Gasteiger partial charge in [0.15, 0.2) is 15.4 Å². The van der Waals surface area contributed by atoms with Gasteiger partial charge in [0, 0.05) is 18.1 Å². The molecule has 0 radical (unpaired) electrons. The number of halogens is 1. The van der Waals surface area contributed by atoms with Crippen LogP contribution in [-0.2, 0) is 24.2 Å². The summed E-state index contributed by atoms with van der Waals surface area (Å²) in [6, 6.07) is 5.37. The van der Waals surface area contributed by atoms with Gasteiger partial charge in [-0.1, -0.05) is 11.6 Å². The quantitative estimate of drug-likeness (QED) is 0.801. The van der Waals surface area contributed by atoms with E-state index in [2.05, 4.69) is 5.32 Å². The fourth-order valence-electron chi connectivity index (χ4n) is 2.09. The van der Waals surface area contributed by atoms with Gasteiger partial charge in [-0.05, 0) is 24.3 Å². The second-order valence-electron chi connectivity index (χ2n) is 4.95. The van der Waals surface area contributed by atoms with E-state index in [4.69, 9.17) is 16.3 Å². The fraction of sp³-hybridized carbons (Fsp3) is 0.385. The predicted molar refractivity (Wildman–Crippen MR) is 77.5 cm³/mol. The molecule has 0 aliphatic carbocycles. The maximum Gasteiger partial charge on any atom is 0.331 e. The molecule has 1 aromatic carbocycles. The molecule has 2 N–H and O–H groups in total. The summed E-state index contributed by atoms with van der Waals surface area (Å²) in [5, 5.41) is 11.8. The van der Waals surface area contributed by atoms with E-state index in [1.165, 1.54) is 24.3 Å². The zero-order valence-corrected chi connectivity index (χ0v) is 13.0. The average Bonchev–Trinajstić information content (AvgIpc) is 2.88. The lowest BCUT2D eigenvalue weighted by Gasteiger charge is -2.23. The number of rotatable bonds is 5. The number of hydrogen-bond donors (Lipinski definition) is 2. The maximum absolute atomic E-state index is 12.1. The van der Waals surface area contributed by atoms with Gasteiger partial charge in [-0.25, -0.2) is 13.2 Å². The largest absolute Gasteiger partial charge is 0.479 e. The molecule has 1 fully saturated rings.